The molecule has 0 aliphatic carbocycles. The minimum atomic E-state index is 0. The van der Waals surface area contributed by atoms with Gasteiger partial charge in [-0.1, -0.05) is 0 Å². The first kappa shape index (κ1) is 22.6. The van der Waals surface area contributed by atoms with Crippen molar-refractivity contribution < 1.29 is 9.47 Å². The molecule has 0 bridgehead atoms. The lowest BCUT2D eigenvalue weighted by Gasteiger charge is -2.12. The van der Waals surface area contributed by atoms with Crippen LogP contribution in [-0.2, 0) is 15.9 Å². The second kappa shape index (κ2) is 12.8. The second-order valence-corrected chi connectivity index (χ2v) is 7.37. The van der Waals surface area contributed by atoms with Crippen LogP contribution in [0.1, 0.15) is 28.4 Å². The minimum absolute atomic E-state index is 0. The molecule has 8 heteroatoms. The summed E-state index contributed by atoms with van der Waals surface area (Å²) >= 11 is 1.77. The van der Waals surface area contributed by atoms with Crippen molar-refractivity contribution in [1.29, 1.82) is 0 Å². The average Bonchev–Trinajstić information content (AvgIpc) is 3.19. The van der Waals surface area contributed by atoms with Gasteiger partial charge in [-0.2, -0.15) is 0 Å². The fourth-order valence-electron chi connectivity index (χ4n) is 2.50. The highest BCUT2D eigenvalue weighted by molar-refractivity contribution is 14.0. The van der Waals surface area contributed by atoms with Crippen molar-refractivity contribution in [3.05, 3.63) is 15.6 Å². The molecule has 6 nitrogen and oxygen atoms in total. The summed E-state index contributed by atoms with van der Waals surface area (Å²) < 4.78 is 11.0. The average molecular weight is 482 g/mol. The van der Waals surface area contributed by atoms with Crippen LogP contribution in [0, 0.1) is 19.8 Å². The molecule has 0 aromatic carbocycles. The Bertz CT molecular complexity index is 499. The van der Waals surface area contributed by atoms with Crippen molar-refractivity contribution in [2.45, 2.75) is 33.1 Å². The molecule has 1 atom stereocenters. The number of guanidine groups is 1. The molecule has 1 aromatic heterocycles. The first-order valence-corrected chi connectivity index (χ1v) is 9.53. The van der Waals surface area contributed by atoms with E-state index in [0.29, 0.717) is 5.92 Å². The first-order valence-electron chi connectivity index (χ1n) is 8.72. The van der Waals surface area contributed by atoms with Gasteiger partial charge in [-0.25, -0.2) is 4.98 Å². The lowest BCUT2D eigenvalue weighted by molar-refractivity contribution is 0.0888. The number of aliphatic imine (C=N–C) groups is 1. The van der Waals surface area contributed by atoms with Gasteiger partial charge in [-0.3, -0.25) is 4.99 Å². The van der Waals surface area contributed by atoms with E-state index in [-0.39, 0.29) is 24.0 Å². The zero-order valence-electron chi connectivity index (χ0n) is 15.5. The Morgan fingerprint density at radius 1 is 1.36 bits per heavy atom. The van der Waals surface area contributed by atoms with Crippen molar-refractivity contribution in [2.24, 2.45) is 10.9 Å². The molecule has 1 aliphatic rings. The van der Waals surface area contributed by atoms with Crippen molar-refractivity contribution in [1.82, 2.24) is 15.6 Å². The third-order valence-corrected chi connectivity index (χ3v) is 5.20. The van der Waals surface area contributed by atoms with Gasteiger partial charge in [0.1, 0.15) is 0 Å². The molecule has 0 radical (unpaired) electrons. The third kappa shape index (κ3) is 8.65. The van der Waals surface area contributed by atoms with Crippen LogP contribution in [0.4, 0.5) is 0 Å². The highest BCUT2D eigenvalue weighted by Gasteiger charge is 2.15. The molecule has 25 heavy (non-hydrogen) atoms. The number of aryl methyl sites for hydroxylation is 2. The summed E-state index contributed by atoms with van der Waals surface area (Å²) in [5.74, 6) is 1.43. The Balaban J connectivity index is 0.00000312. The number of rotatable bonds is 9. The Morgan fingerprint density at radius 2 is 2.16 bits per heavy atom. The van der Waals surface area contributed by atoms with E-state index >= 15 is 0 Å². The summed E-state index contributed by atoms with van der Waals surface area (Å²) in [7, 11) is 1.80. The van der Waals surface area contributed by atoms with Gasteiger partial charge in [-0.15, -0.1) is 35.3 Å². The van der Waals surface area contributed by atoms with Crippen molar-refractivity contribution in [2.75, 3.05) is 46.6 Å². The number of nitrogens with one attached hydrogen (secondary N) is 2. The quantitative estimate of drug-likeness (QED) is 0.245. The van der Waals surface area contributed by atoms with Crippen LogP contribution < -0.4 is 10.6 Å². The maximum atomic E-state index is 5.70. The van der Waals surface area contributed by atoms with E-state index in [9.17, 15) is 0 Å². The highest BCUT2D eigenvalue weighted by atomic mass is 127. The molecule has 0 spiro atoms. The smallest absolute Gasteiger partial charge is 0.190 e. The molecule has 0 amide bonds. The molecule has 2 rings (SSSR count). The van der Waals surface area contributed by atoms with Crippen molar-refractivity contribution in [3.63, 3.8) is 0 Å². The normalized spacial score (nSPS) is 17.4. The Kier molecular flexibility index (Phi) is 11.6. The zero-order valence-corrected chi connectivity index (χ0v) is 18.6. The van der Waals surface area contributed by atoms with Crippen LogP contribution in [0.25, 0.3) is 0 Å². The maximum Gasteiger partial charge on any atom is 0.190 e. The third-order valence-electron chi connectivity index (χ3n) is 4.06. The summed E-state index contributed by atoms with van der Waals surface area (Å²) in [5, 5.41) is 7.83. The first-order chi connectivity index (χ1) is 11.7. The molecule has 1 aromatic rings. The second-order valence-electron chi connectivity index (χ2n) is 6.08. The van der Waals surface area contributed by atoms with E-state index in [2.05, 4.69) is 34.5 Å². The number of thiazole rings is 1. The predicted molar refractivity (Wildman–Crippen MR) is 114 cm³/mol. The standard InChI is InChI=1S/C17H30N4O2S.HI/c1-13-14(2)24-16(21-13)5-8-20-17(18-3)19-7-4-9-22-11-15-6-10-23-12-15;/h15H,4-12H2,1-3H3,(H2,18,19,20);1H. The summed E-state index contributed by atoms with van der Waals surface area (Å²) in [6.45, 7) is 9.21. The highest BCUT2D eigenvalue weighted by Crippen LogP contribution is 2.16. The summed E-state index contributed by atoms with van der Waals surface area (Å²) in [6.07, 6.45) is 3.03. The van der Waals surface area contributed by atoms with Crippen LogP contribution in [0.2, 0.25) is 0 Å². The van der Waals surface area contributed by atoms with Gasteiger partial charge in [0.25, 0.3) is 0 Å². The number of hydrogen-bond acceptors (Lipinski definition) is 5. The summed E-state index contributed by atoms with van der Waals surface area (Å²) in [6, 6.07) is 0. The molecule has 1 saturated heterocycles. The van der Waals surface area contributed by atoms with Crippen LogP contribution in [0.3, 0.4) is 0 Å². The van der Waals surface area contributed by atoms with Gasteiger partial charge in [0, 0.05) is 50.6 Å². The van der Waals surface area contributed by atoms with Crippen LogP contribution in [0.15, 0.2) is 4.99 Å². The molecule has 1 aliphatic heterocycles. The largest absolute Gasteiger partial charge is 0.381 e. The topological polar surface area (TPSA) is 67.8 Å². The maximum absolute atomic E-state index is 5.70. The lowest BCUT2D eigenvalue weighted by Crippen LogP contribution is -2.39. The summed E-state index contributed by atoms with van der Waals surface area (Å²) in [4.78, 5) is 10.1. The van der Waals surface area contributed by atoms with E-state index < -0.39 is 0 Å². The van der Waals surface area contributed by atoms with E-state index in [1.165, 1.54) is 9.88 Å². The van der Waals surface area contributed by atoms with Gasteiger partial charge in [0.05, 0.1) is 23.9 Å². The fraction of sp³-hybridized carbons (Fsp3) is 0.765. The van der Waals surface area contributed by atoms with E-state index in [1.54, 1.807) is 18.4 Å². The van der Waals surface area contributed by atoms with Crippen LogP contribution in [0.5, 0.6) is 0 Å². The van der Waals surface area contributed by atoms with Gasteiger partial charge in [0.15, 0.2) is 5.96 Å². The predicted octanol–water partition coefficient (Wildman–Crippen LogP) is 2.53. The molecule has 1 fully saturated rings. The van der Waals surface area contributed by atoms with E-state index in [1.807, 2.05) is 0 Å². The van der Waals surface area contributed by atoms with Crippen LogP contribution >= 0.6 is 35.3 Å². The number of hydrogen-bond donors (Lipinski definition) is 2. The molecule has 2 N–H and O–H groups in total. The van der Waals surface area contributed by atoms with Crippen LogP contribution in [-0.4, -0.2) is 57.5 Å². The monoisotopic (exact) mass is 482 g/mol. The number of ether oxygens (including phenoxy) is 2. The molecular formula is C17H31IN4O2S. The molecule has 2 heterocycles. The molecular weight excluding hydrogens is 451 g/mol. The Morgan fingerprint density at radius 3 is 2.80 bits per heavy atom. The lowest BCUT2D eigenvalue weighted by atomic mass is 10.1. The van der Waals surface area contributed by atoms with Gasteiger partial charge in [-0.05, 0) is 26.7 Å². The van der Waals surface area contributed by atoms with E-state index in [0.717, 1.165) is 70.4 Å². The molecule has 144 valence electrons. The Labute approximate surface area is 172 Å². The van der Waals surface area contributed by atoms with Gasteiger partial charge >= 0.3 is 0 Å². The molecule has 1 unspecified atom stereocenters. The van der Waals surface area contributed by atoms with Crippen molar-refractivity contribution >= 4 is 41.3 Å². The SMILES string of the molecule is CN=C(NCCCOCC1CCOC1)NCCc1nc(C)c(C)s1.I. The zero-order chi connectivity index (χ0) is 17.2. The number of nitrogens with zero attached hydrogens (tertiary/aromatic N) is 2. The minimum Gasteiger partial charge on any atom is -0.381 e. The summed E-state index contributed by atoms with van der Waals surface area (Å²) in [5.41, 5.74) is 1.14. The van der Waals surface area contributed by atoms with Gasteiger partial charge < -0.3 is 20.1 Å². The number of halogens is 1. The number of aromatic nitrogens is 1. The van der Waals surface area contributed by atoms with E-state index in [4.69, 9.17) is 9.47 Å². The van der Waals surface area contributed by atoms with Crippen molar-refractivity contribution in [3.8, 4) is 0 Å². The van der Waals surface area contributed by atoms with Gasteiger partial charge in [0.2, 0.25) is 0 Å². The Hall–Kier alpha value is -0.450. The fourth-order valence-corrected chi connectivity index (χ4v) is 3.43. The molecule has 0 saturated carbocycles.